The van der Waals surface area contributed by atoms with Gasteiger partial charge in [-0.05, 0) is 19.1 Å². The minimum atomic E-state index is -0.655. The molecule has 1 aromatic carbocycles. The molecule has 0 bridgehead atoms. The lowest BCUT2D eigenvalue weighted by Gasteiger charge is -2.39. The Kier molecular flexibility index (Phi) is 5.81. The number of Topliss-reactive ketones (excluding diaryl/α,β-unsaturated/α-hetero) is 1. The zero-order chi connectivity index (χ0) is 22.8. The quantitative estimate of drug-likeness (QED) is 0.485. The van der Waals surface area contributed by atoms with Crippen LogP contribution in [0.4, 0.5) is 0 Å². The number of benzene rings is 1. The van der Waals surface area contributed by atoms with E-state index in [9.17, 15) is 14.4 Å². The number of hydrogen-bond acceptors (Lipinski definition) is 6. The highest BCUT2D eigenvalue weighted by atomic mass is 16.5. The molecule has 2 aromatic heterocycles. The van der Waals surface area contributed by atoms with Gasteiger partial charge in [0.2, 0.25) is 5.88 Å². The third-order valence-electron chi connectivity index (χ3n) is 5.69. The average molecular weight is 436 g/mol. The van der Waals surface area contributed by atoms with Gasteiger partial charge in [0.05, 0.1) is 31.4 Å². The second-order valence-electron chi connectivity index (χ2n) is 7.58. The minimum Gasteiger partial charge on any atom is -0.494 e. The first kappa shape index (κ1) is 21.4. The molecule has 1 fully saturated rings. The van der Waals surface area contributed by atoms with Crippen LogP contribution in [-0.4, -0.2) is 77.3 Å². The van der Waals surface area contributed by atoms with Gasteiger partial charge in [-0.15, -0.1) is 0 Å². The SMILES string of the molecule is COc1ncc(OC)c2c(C(=O)C(=O)N3CCN(C(=O)c4ccccc4)CC3C)c[nH]c12. The Morgan fingerprint density at radius 3 is 2.50 bits per heavy atom. The van der Waals surface area contributed by atoms with Gasteiger partial charge in [0.25, 0.3) is 17.6 Å². The van der Waals surface area contributed by atoms with E-state index in [1.54, 1.807) is 17.0 Å². The van der Waals surface area contributed by atoms with Crippen molar-refractivity contribution in [3.63, 3.8) is 0 Å². The molecular formula is C23H24N4O5. The van der Waals surface area contributed by atoms with E-state index in [0.29, 0.717) is 41.2 Å². The fourth-order valence-corrected chi connectivity index (χ4v) is 4.04. The van der Waals surface area contributed by atoms with Crippen LogP contribution >= 0.6 is 0 Å². The Morgan fingerprint density at radius 2 is 1.84 bits per heavy atom. The number of aromatic nitrogens is 2. The van der Waals surface area contributed by atoms with Gasteiger partial charge in [-0.3, -0.25) is 14.4 Å². The van der Waals surface area contributed by atoms with Gasteiger partial charge in [-0.2, -0.15) is 0 Å². The number of fused-ring (bicyclic) bond motifs is 1. The number of aromatic amines is 1. The van der Waals surface area contributed by atoms with Crippen LogP contribution in [0.15, 0.2) is 42.7 Å². The van der Waals surface area contributed by atoms with Gasteiger partial charge < -0.3 is 24.3 Å². The number of nitrogens with zero attached hydrogens (tertiary/aromatic N) is 3. The van der Waals surface area contributed by atoms with Crippen LogP contribution < -0.4 is 9.47 Å². The van der Waals surface area contributed by atoms with Crippen LogP contribution in [0.5, 0.6) is 11.6 Å². The van der Waals surface area contributed by atoms with Gasteiger partial charge in [0, 0.05) is 37.4 Å². The van der Waals surface area contributed by atoms with Crippen molar-refractivity contribution in [2.45, 2.75) is 13.0 Å². The van der Waals surface area contributed by atoms with Gasteiger partial charge in [0.15, 0.2) is 0 Å². The third-order valence-corrected chi connectivity index (χ3v) is 5.69. The molecular weight excluding hydrogens is 412 g/mol. The number of H-pyrrole nitrogens is 1. The Balaban J connectivity index is 1.54. The maximum Gasteiger partial charge on any atom is 0.295 e. The maximum absolute atomic E-state index is 13.2. The van der Waals surface area contributed by atoms with E-state index in [-0.39, 0.29) is 24.1 Å². The van der Waals surface area contributed by atoms with E-state index in [1.165, 1.54) is 31.5 Å². The van der Waals surface area contributed by atoms with E-state index in [1.807, 2.05) is 25.1 Å². The summed E-state index contributed by atoms with van der Waals surface area (Å²) < 4.78 is 10.6. The van der Waals surface area contributed by atoms with Crippen molar-refractivity contribution in [3.8, 4) is 11.6 Å². The molecule has 166 valence electrons. The second-order valence-corrected chi connectivity index (χ2v) is 7.58. The van der Waals surface area contributed by atoms with Gasteiger partial charge in [-0.1, -0.05) is 18.2 Å². The van der Waals surface area contributed by atoms with Crippen LogP contribution in [0.2, 0.25) is 0 Å². The zero-order valence-electron chi connectivity index (χ0n) is 18.1. The van der Waals surface area contributed by atoms with E-state index in [4.69, 9.17) is 9.47 Å². The van der Waals surface area contributed by atoms with E-state index in [2.05, 4.69) is 9.97 Å². The molecule has 0 spiro atoms. The van der Waals surface area contributed by atoms with Crippen molar-refractivity contribution in [1.82, 2.24) is 19.8 Å². The Labute approximate surface area is 184 Å². The largest absolute Gasteiger partial charge is 0.494 e. The molecule has 1 unspecified atom stereocenters. The molecule has 3 heterocycles. The van der Waals surface area contributed by atoms with Crippen molar-refractivity contribution in [2.75, 3.05) is 33.9 Å². The normalized spacial score (nSPS) is 16.2. The molecule has 1 N–H and O–H groups in total. The number of pyridine rings is 1. The monoisotopic (exact) mass is 436 g/mol. The highest BCUT2D eigenvalue weighted by molar-refractivity contribution is 6.45. The first-order valence-electron chi connectivity index (χ1n) is 10.2. The van der Waals surface area contributed by atoms with Crippen LogP contribution in [0, 0.1) is 0 Å². The van der Waals surface area contributed by atoms with Crippen LogP contribution in [-0.2, 0) is 4.79 Å². The summed E-state index contributed by atoms with van der Waals surface area (Å²) in [6.45, 7) is 2.81. The van der Waals surface area contributed by atoms with Crippen LogP contribution in [0.3, 0.4) is 0 Å². The lowest BCUT2D eigenvalue weighted by Crippen LogP contribution is -2.56. The molecule has 32 heavy (non-hydrogen) atoms. The Morgan fingerprint density at radius 1 is 1.09 bits per heavy atom. The number of carbonyl (C=O) groups is 3. The standard InChI is InChI=1S/C23H24N4O5/c1-14-13-26(22(29)15-7-5-4-6-8-15)9-10-27(14)23(30)20(28)16-11-24-19-18(16)17(31-2)12-25-21(19)32-3/h4-8,11-12,14,24H,9-10,13H2,1-3H3. The molecule has 1 aliphatic heterocycles. The summed E-state index contributed by atoms with van der Waals surface area (Å²) in [5.41, 5.74) is 1.27. The minimum absolute atomic E-state index is 0.0863. The number of methoxy groups -OCH3 is 2. The van der Waals surface area contributed by atoms with E-state index >= 15 is 0 Å². The van der Waals surface area contributed by atoms with E-state index < -0.39 is 11.7 Å². The van der Waals surface area contributed by atoms with Crippen molar-refractivity contribution in [2.24, 2.45) is 0 Å². The smallest absolute Gasteiger partial charge is 0.295 e. The molecule has 9 heteroatoms. The predicted octanol–water partition coefficient (Wildman–Crippen LogP) is 2.14. The molecule has 0 radical (unpaired) electrons. The summed E-state index contributed by atoms with van der Waals surface area (Å²) >= 11 is 0. The molecule has 1 saturated heterocycles. The van der Waals surface area contributed by atoms with Gasteiger partial charge in [-0.25, -0.2) is 4.98 Å². The van der Waals surface area contributed by atoms with Crippen LogP contribution in [0.1, 0.15) is 27.6 Å². The molecule has 9 nitrogen and oxygen atoms in total. The molecule has 1 atom stereocenters. The number of nitrogens with one attached hydrogen (secondary N) is 1. The first-order chi connectivity index (χ1) is 15.5. The Bertz CT molecular complexity index is 1170. The van der Waals surface area contributed by atoms with Crippen LogP contribution in [0.25, 0.3) is 10.9 Å². The number of rotatable bonds is 5. The van der Waals surface area contributed by atoms with Gasteiger partial charge >= 0.3 is 0 Å². The molecule has 3 aromatic rings. The fraction of sp³-hybridized carbons (Fsp3) is 0.304. The summed E-state index contributed by atoms with van der Waals surface area (Å²) in [7, 11) is 2.94. The summed E-state index contributed by atoms with van der Waals surface area (Å²) in [6, 6.07) is 8.71. The molecule has 2 amide bonds. The Hall–Kier alpha value is -3.88. The summed E-state index contributed by atoms with van der Waals surface area (Å²) in [4.78, 5) is 49.3. The highest BCUT2D eigenvalue weighted by Gasteiger charge is 2.35. The second kappa shape index (κ2) is 8.70. The number of ketones is 1. The summed E-state index contributed by atoms with van der Waals surface area (Å²) in [5.74, 6) is -0.699. The number of ether oxygens (including phenoxy) is 2. The molecule has 0 saturated carbocycles. The fourth-order valence-electron chi connectivity index (χ4n) is 4.04. The average Bonchev–Trinajstić information content (AvgIpc) is 3.28. The first-order valence-corrected chi connectivity index (χ1v) is 10.2. The topological polar surface area (TPSA) is 105 Å². The van der Waals surface area contributed by atoms with Crippen molar-refractivity contribution in [1.29, 1.82) is 0 Å². The molecule has 4 rings (SSSR count). The summed E-state index contributed by atoms with van der Waals surface area (Å²) in [6.07, 6.45) is 2.92. The zero-order valence-corrected chi connectivity index (χ0v) is 18.1. The maximum atomic E-state index is 13.2. The predicted molar refractivity (Wildman–Crippen MR) is 117 cm³/mol. The van der Waals surface area contributed by atoms with Crippen molar-refractivity contribution < 1.29 is 23.9 Å². The van der Waals surface area contributed by atoms with Crippen molar-refractivity contribution >= 4 is 28.5 Å². The number of amides is 2. The van der Waals surface area contributed by atoms with Crippen molar-refractivity contribution in [3.05, 3.63) is 53.9 Å². The number of hydrogen-bond donors (Lipinski definition) is 1. The van der Waals surface area contributed by atoms with Gasteiger partial charge in [0.1, 0.15) is 11.3 Å². The lowest BCUT2D eigenvalue weighted by molar-refractivity contribution is -0.130. The lowest BCUT2D eigenvalue weighted by atomic mass is 10.1. The third kappa shape index (κ3) is 3.66. The molecule has 0 aliphatic carbocycles. The number of piperazine rings is 1. The molecule has 1 aliphatic rings. The van der Waals surface area contributed by atoms with E-state index in [0.717, 1.165) is 0 Å². The number of carbonyl (C=O) groups excluding carboxylic acids is 3. The highest BCUT2D eigenvalue weighted by Crippen LogP contribution is 2.33. The summed E-state index contributed by atoms with van der Waals surface area (Å²) in [5, 5.41) is 0.447.